The first kappa shape index (κ1) is 28.0. The first-order valence-corrected chi connectivity index (χ1v) is 17.5. The normalized spacial score (nSPS) is 11.9. The summed E-state index contributed by atoms with van der Waals surface area (Å²) in [6.45, 7) is 0. The van der Waals surface area contributed by atoms with Crippen molar-refractivity contribution in [2.75, 3.05) is 0 Å². The van der Waals surface area contributed by atoms with Gasteiger partial charge in [-0.3, -0.25) is 0 Å². The summed E-state index contributed by atoms with van der Waals surface area (Å²) in [7, 11) is 0. The summed E-state index contributed by atoms with van der Waals surface area (Å²) >= 11 is 0. The Morgan fingerprint density at radius 1 is 0.216 bits per heavy atom. The summed E-state index contributed by atoms with van der Waals surface area (Å²) in [6.07, 6.45) is 0. The van der Waals surface area contributed by atoms with Crippen LogP contribution in [0.4, 0.5) is 0 Å². The number of aromatic nitrogens is 3. The Hall–Kier alpha value is -6.84. The molecule has 0 atom stereocenters. The quantitative estimate of drug-likeness (QED) is 0.180. The van der Waals surface area contributed by atoms with Crippen molar-refractivity contribution in [3.63, 3.8) is 0 Å². The molecule has 3 heterocycles. The molecule has 0 saturated heterocycles. The molecule has 11 aromatic rings. The van der Waals surface area contributed by atoms with E-state index < -0.39 is 0 Å². The van der Waals surface area contributed by atoms with Crippen molar-refractivity contribution in [2.24, 2.45) is 0 Å². The van der Waals surface area contributed by atoms with Crippen molar-refractivity contribution >= 4 is 65.4 Å². The number of rotatable bonds is 4. The van der Waals surface area contributed by atoms with E-state index in [-0.39, 0.29) is 0 Å². The highest BCUT2D eigenvalue weighted by atomic mass is 15.0. The molecule has 0 spiro atoms. The van der Waals surface area contributed by atoms with E-state index in [0.717, 1.165) is 17.1 Å². The van der Waals surface area contributed by atoms with Crippen LogP contribution in [0.3, 0.4) is 0 Å². The van der Waals surface area contributed by atoms with Crippen LogP contribution < -0.4 is 0 Å². The molecule has 3 heteroatoms. The van der Waals surface area contributed by atoms with Gasteiger partial charge in [0.15, 0.2) is 0 Å². The first-order valence-electron chi connectivity index (χ1n) is 17.5. The Morgan fingerprint density at radius 2 is 0.647 bits per heavy atom. The lowest BCUT2D eigenvalue weighted by Crippen LogP contribution is -1.97. The van der Waals surface area contributed by atoms with Gasteiger partial charge < -0.3 is 13.7 Å². The van der Waals surface area contributed by atoms with Gasteiger partial charge >= 0.3 is 0 Å². The minimum absolute atomic E-state index is 1.14. The fraction of sp³-hybridized carbons (Fsp3) is 0. The topological polar surface area (TPSA) is 14.8 Å². The zero-order valence-electron chi connectivity index (χ0n) is 27.7. The number of hydrogen-bond acceptors (Lipinski definition) is 0. The highest BCUT2D eigenvalue weighted by Crippen LogP contribution is 2.41. The van der Waals surface area contributed by atoms with Crippen LogP contribution in [0.1, 0.15) is 0 Å². The molecule has 0 aliphatic rings. The molecule has 0 radical (unpaired) electrons. The Balaban J connectivity index is 1.27. The van der Waals surface area contributed by atoms with Crippen molar-refractivity contribution in [1.82, 2.24) is 13.7 Å². The Morgan fingerprint density at radius 3 is 1.31 bits per heavy atom. The van der Waals surface area contributed by atoms with Gasteiger partial charge in [-0.05, 0) is 83.9 Å². The lowest BCUT2D eigenvalue weighted by Gasteiger charge is -2.12. The van der Waals surface area contributed by atoms with E-state index in [9.17, 15) is 0 Å². The summed E-state index contributed by atoms with van der Waals surface area (Å²) in [5.41, 5.74) is 13.1. The van der Waals surface area contributed by atoms with Crippen molar-refractivity contribution < 1.29 is 0 Å². The minimum Gasteiger partial charge on any atom is -0.309 e. The van der Waals surface area contributed by atoms with E-state index in [1.807, 2.05) is 0 Å². The van der Waals surface area contributed by atoms with Crippen LogP contribution in [0, 0.1) is 0 Å². The second kappa shape index (κ2) is 10.8. The third-order valence-electron chi connectivity index (χ3n) is 10.6. The van der Waals surface area contributed by atoms with Crippen LogP contribution in [0.15, 0.2) is 188 Å². The van der Waals surface area contributed by atoms with Crippen LogP contribution in [0.2, 0.25) is 0 Å². The van der Waals surface area contributed by atoms with E-state index in [1.54, 1.807) is 0 Å². The fourth-order valence-electron chi connectivity index (χ4n) is 8.40. The molecule has 0 N–H and O–H groups in total. The number of nitrogens with zero attached hydrogens (tertiary/aromatic N) is 3. The molecule has 8 aromatic carbocycles. The second-order valence-electron chi connectivity index (χ2n) is 13.4. The number of benzene rings is 8. The SMILES string of the molecule is c1ccc(-c2cccc(-n3c4ccc(-n5c6ccccc6c6ccccc65)cc4c4cc5c6ccccc6n(-c6ccccc6)c5cc43)c2)cc1. The lowest BCUT2D eigenvalue weighted by molar-refractivity contribution is 1.16. The highest BCUT2D eigenvalue weighted by molar-refractivity contribution is 6.19. The minimum atomic E-state index is 1.14. The highest BCUT2D eigenvalue weighted by Gasteiger charge is 2.20. The summed E-state index contributed by atoms with van der Waals surface area (Å²) < 4.78 is 7.29. The summed E-state index contributed by atoms with van der Waals surface area (Å²) in [6, 6.07) is 68.5. The van der Waals surface area contributed by atoms with Crippen LogP contribution >= 0.6 is 0 Å². The second-order valence-corrected chi connectivity index (χ2v) is 13.4. The molecular formula is C48H31N3. The number of para-hydroxylation sites is 4. The number of hydrogen-bond donors (Lipinski definition) is 0. The Kier molecular flexibility index (Phi) is 5.96. The predicted molar refractivity (Wildman–Crippen MR) is 215 cm³/mol. The molecule has 0 aliphatic carbocycles. The lowest BCUT2D eigenvalue weighted by atomic mass is 10.1. The third kappa shape index (κ3) is 4.12. The molecule has 3 nitrogen and oxygen atoms in total. The standard InChI is InChI=1S/C48H31N3/c1-3-14-32(15-4-1)33-16-13-19-35(28-33)51-46-27-26-36(50-43-23-10-7-20-37(43)38-21-8-11-24-44(38)50)29-40(46)42-30-41-39-22-9-12-25-45(39)49(47(41)31-48(42)51)34-17-5-2-6-18-34/h1-31H. The molecule has 0 saturated carbocycles. The summed E-state index contributed by atoms with van der Waals surface area (Å²) in [5, 5.41) is 7.51. The van der Waals surface area contributed by atoms with Crippen molar-refractivity contribution in [2.45, 2.75) is 0 Å². The Labute approximate surface area is 294 Å². The molecule has 51 heavy (non-hydrogen) atoms. The van der Waals surface area contributed by atoms with Gasteiger partial charge in [0.1, 0.15) is 0 Å². The van der Waals surface area contributed by atoms with Gasteiger partial charge in [0, 0.05) is 49.4 Å². The maximum absolute atomic E-state index is 2.46. The fourth-order valence-corrected chi connectivity index (χ4v) is 8.40. The van der Waals surface area contributed by atoms with Gasteiger partial charge in [-0.1, -0.05) is 115 Å². The zero-order chi connectivity index (χ0) is 33.5. The molecule has 0 unspecified atom stereocenters. The van der Waals surface area contributed by atoms with Gasteiger partial charge in [-0.25, -0.2) is 0 Å². The average Bonchev–Trinajstić information content (AvgIpc) is 3.83. The van der Waals surface area contributed by atoms with E-state index >= 15 is 0 Å². The van der Waals surface area contributed by atoms with Gasteiger partial charge in [-0.15, -0.1) is 0 Å². The molecule has 3 aromatic heterocycles. The van der Waals surface area contributed by atoms with E-state index in [1.165, 1.54) is 76.5 Å². The van der Waals surface area contributed by atoms with E-state index in [0.29, 0.717) is 0 Å². The number of fused-ring (bicyclic) bond motifs is 9. The van der Waals surface area contributed by atoms with Crippen molar-refractivity contribution in [1.29, 1.82) is 0 Å². The molecule has 238 valence electrons. The molecule has 0 bridgehead atoms. The first-order chi connectivity index (χ1) is 25.3. The average molecular weight is 650 g/mol. The summed E-state index contributed by atoms with van der Waals surface area (Å²) in [4.78, 5) is 0. The maximum Gasteiger partial charge on any atom is 0.0562 e. The van der Waals surface area contributed by atoms with E-state index in [4.69, 9.17) is 0 Å². The van der Waals surface area contributed by atoms with Gasteiger partial charge in [0.2, 0.25) is 0 Å². The van der Waals surface area contributed by atoms with Gasteiger partial charge in [0.25, 0.3) is 0 Å². The molecule has 0 fully saturated rings. The molecule has 0 amide bonds. The van der Waals surface area contributed by atoms with Crippen LogP contribution in [0.25, 0.3) is 93.6 Å². The smallest absolute Gasteiger partial charge is 0.0562 e. The monoisotopic (exact) mass is 649 g/mol. The molecular weight excluding hydrogens is 619 g/mol. The summed E-state index contributed by atoms with van der Waals surface area (Å²) in [5.74, 6) is 0. The van der Waals surface area contributed by atoms with Gasteiger partial charge in [-0.2, -0.15) is 0 Å². The maximum atomic E-state index is 2.46. The predicted octanol–water partition coefficient (Wildman–Crippen LogP) is 12.6. The largest absolute Gasteiger partial charge is 0.309 e. The Bertz CT molecular complexity index is 3070. The third-order valence-corrected chi connectivity index (χ3v) is 10.6. The van der Waals surface area contributed by atoms with Crippen LogP contribution in [-0.4, -0.2) is 13.7 Å². The molecule has 11 rings (SSSR count). The van der Waals surface area contributed by atoms with E-state index in [2.05, 4.69) is 202 Å². The van der Waals surface area contributed by atoms with Crippen molar-refractivity contribution in [3.05, 3.63) is 188 Å². The van der Waals surface area contributed by atoms with Crippen LogP contribution in [0.5, 0.6) is 0 Å². The zero-order valence-corrected chi connectivity index (χ0v) is 27.7. The van der Waals surface area contributed by atoms with Gasteiger partial charge in [0.05, 0.1) is 33.1 Å². The van der Waals surface area contributed by atoms with Crippen LogP contribution in [-0.2, 0) is 0 Å². The molecule has 0 aliphatic heterocycles. The van der Waals surface area contributed by atoms with Crippen molar-refractivity contribution in [3.8, 4) is 28.2 Å².